The molecule has 4 fully saturated rings. The lowest BCUT2D eigenvalue weighted by molar-refractivity contribution is -0.187. The third-order valence-electron chi connectivity index (χ3n) is 13.1. The van der Waals surface area contributed by atoms with Gasteiger partial charge in [-0.25, -0.2) is 0 Å². The van der Waals surface area contributed by atoms with Crippen LogP contribution in [0.5, 0.6) is 0 Å². The molecule has 0 aromatic carbocycles. The molecule has 5 rings (SSSR count). The fourth-order valence-corrected chi connectivity index (χ4v) is 10.7. The number of fused-ring (bicyclic) bond motifs is 7. The average Bonchev–Trinajstić information content (AvgIpc) is 2.76. The first-order valence-corrected chi connectivity index (χ1v) is 14.5. The van der Waals surface area contributed by atoms with Crippen molar-refractivity contribution in [3.8, 4) is 0 Å². The van der Waals surface area contributed by atoms with Crippen LogP contribution in [0.25, 0.3) is 0 Å². The zero-order valence-corrected chi connectivity index (χ0v) is 23.8. The molecule has 35 heavy (non-hydrogen) atoms. The molecule has 3 heteroatoms. The normalized spacial score (nSPS) is 47.9. The van der Waals surface area contributed by atoms with Crippen LogP contribution in [0.2, 0.25) is 0 Å². The molecule has 0 N–H and O–H groups in total. The van der Waals surface area contributed by atoms with Gasteiger partial charge >= 0.3 is 5.97 Å². The summed E-state index contributed by atoms with van der Waals surface area (Å²) >= 11 is 0. The molecule has 5 aliphatic rings. The molecular formula is C32H50O3. The summed E-state index contributed by atoms with van der Waals surface area (Å²) in [5.41, 5.74) is 2.62. The van der Waals surface area contributed by atoms with E-state index in [1.165, 1.54) is 44.9 Å². The van der Waals surface area contributed by atoms with Crippen molar-refractivity contribution in [3.63, 3.8) is 0 Å². The van der Waals surface area contributed by atoms with Gasteiger partial charge in [0.15, 0.2) is 0 Å². The Kier molecular flexibility index (Phi) is 5.62. The summed E-state index contributed by atoms with van der Waals surface area (Å²) in [6.07, 6.45) is 14.0. The number of Topliss-reactive ketones (excluding diaryl/α,β-unsaturated/α-hetero) is 1. The summed E-state index contributed by atoms with van der Waals surface area (Å²) in [5, 5.41) is 0. The van der Waals surface area contributed by atoms with Gasteiger partial charge in [-0.1, -0.05) is 60.1 Å². The van der Waals surface area contributed by atoms with E-state index < -0.39 is 0 Å². The molecule has 0 bridgehead atoms. The minimum Gasteiger partial charge on any atom is -0.465 e. The van der Waals surface area contributed by atoms with Gasteiger partial charge in [0.25, 0.3) is 0 Å². The lowest BCUT2D eigenvalue weighted by atomic mass is 9.33. The van der Waals surface area contributed by atoms with E-state index in [1.807, 2.05) is 0 Å². The van der Waals surface area contributed by atoms with Crippen molar-refractivity contribution in [1.29, 1.82) is 0 Å². The van der Waals surface area contributed by atoms with Gasteiger partial charge in [0.05, 0.1) is 6.61 Å². The van der Waals surface area contributed by atoms with Gasteiger partial charge in [-0.3, -0.25) is 9.59 Å². The second-order valence-corrected chi connectivity index (χ2v) is 15.5. The molecule has 4 saturated carbocycles. The second-order valence-electron chi connectivity index (χ2n) is 15.5. The van der Waals surface area contributed by atoms with Crippen molar-refractivity contribution in [2.45, 2.75) is 120 Å². The summed E-state index contributed by atoms with van der Waals surface area (Å²) in [7, 11) is 0. The summed E-state index contributed by atoms with van der Waals surface area (Å²) in [5.74, 6) is 1.98. The fourth-order valence-electron chi connectivity index (χ4n) is 10.7. The van der Waals surface area contributed by atoms with Crippen molar-refractivity contribution in [1.82, 2.24) is 0 Å². The number of esters is 1. The number of ketones is 1. The summed E-state index contributed by atoms with van der Waals surface area (Å²) in [6.45, 7) is 19.3. The van der Waals surface area contributed by atoms with Crippen LogP contribution in [0.3, 0.4) is 0 Å². The minimum atomic E-state index is -0.196. The highest BCUT2D eigenvalue weighted by atomic mass is 16.5. The highest BCUT2D eigenvalue weighted by Crippen LogP contribution is 2.75. The third-order valence-corrected chi connectivity index (χ3v) is 13.1. The lowest BCUT2D eigenvalue weighted by Gasteiger charge is -2.70. The van der Waals surface area contributed by atoms with Crippen LogP contribution in [-0.2, 0) is 14.3 Å². The maximum atomic E-state index is 13.0. The van der Waals surface area contributed by atoms with Crippen LogP contribution in [0.1, 0.15) is 120 Å². The molecule has 0 radical (unpaired) electrons. The first-order chi connectivity index (χ1) is 16.1. The Balaban J connectivity index is 1.56. The van der Waals surface area contributed by atoms with Gasteiger partial charge in [0, 0.05) is 24.2 Å². The first-order valence-electron chi connectivity index (χ1n) is 14.5. The maximum absolute atomic E-state index is 13.0. The third kappa shape index (κ3) is 3.41. The Morgan fingerprint density at radius 3 is 2.31 bits per heavy atom. The molecule has 3 nitrogen and oxygen atoms in total. The van der Waals surface area contributed by atoms with Crippen molar-refractivity contribution in [3.05, 3.63) is 11.6 Å². The zero-order valence-electron chi connectivity index (χ0n) is 23.8. The van der Waals surface area contributed by atoms with E-state index in [0.717, 1.165) is 19.3 Å². The molecule has 196 valence electrons. The van der Waals surface area contributed by atoms with Crippen molar-refractivity contribution in [2.75, 3.05) is 6.61 Å². The Labute approximate surface area is 214 Å². The topological polar surface area (TPSA) is 43.4 Å². The minimum absolute atomic E-state index is 0.107. The van der Waals surface area contributed by atoms with Crippen LogP contribution >= 0.6 is 0 Å². The molecular weight excluding hydrogens is 432 g/mol. The quantitative estimate of drug-likeness (QED) is 0.296. The average molecular weight is 483 g/mol. The number of allylic oxidation sites excluding steroid dienone is 2. The number of hydrogen-bond acceptors (Lipinski definition) is 3. The maximum Gasteiger partial charge on any atom is 0.302 e. The molecule has 0 spiro atoms. The molecule has 0 saturated heterocycles. The molecule has 5 aliphatic carbocycles. The number of carbonyl (C=O) groups is 2. The van der Waals surface area contributed by atoms with E-state index in [4.69, 9.17) is 4.74 Å². The fraction of sp³-hybridized carbons (Fsp3) is 0.875. The molecule has 0 amide bonds. The molecule has 0 heterocycles. The number of carbonyl (C=O) groups excluding carboxylic acids is 2. The summed E-state index contributed by atoms with van der Waals surface area (Å²) < 4.78 is 5.78. The first kappa shape index (κ1) is 25.5. The smallest absolute Gasteiger partial charge is 0.302 e. The van der Waals surface area contributed by atoms with Gasteiger partial charge in [-0.05, 0) is 97.2 Å². The van der Waals surface area contributed by atoms with Crippen molar-refractivity contribution in [2.24, 2.45) is 50.2 Å². The van der Waals surface area contributed by atoms with Crippen LogP contribution < -0.4 is 0 Å². The van der Waals surface area contributed by atoms with E-state index in [0.29, 0.717) is 35.6 Å². The predicted octanol–water partition coefficient (Wildman–Crippen LogP) is 7.92. The number of ether oxygens (including phenoxy) is 1. The Hall–Kier alpha value is -1.12. The summed E-state index contributed by atoms with van der Waals surface area (Å²) in [4.78, 5) is 24.8. The van der Waals surface area contributed by atoms with Crippen LogP contribution in [0.15, 0.2) is 11.6 Å². The Bertz CT molecular complexity index is 958. The van der Waals surface area contributed by atoms with Crippen LogP contribution in [-0.4, -0.2) is 18.4 Å². The zero-order chi connectivity index (χ0) is 25.7. The number of rotatable bonds is 2. The highest BCUT2D eigenvalue weighted by molar-refractivity contribution is 5.85. The van der Waals surface area contributed by atoms with E-state index >= 15 is 0 Å². The number of hydrogen-bond donors (Lipinski definition) is 0. The van der Waals surface area contributed by atoms with Gasteiger partial charge in [0.1, 0.15) is 5.78 Å². The largest absolute Gasteiger partial charge is 0.465 e. The Morgan fingerprint density at radius 1 is 0.943 bits per heavy atom. The van der Waals surface area contributed by atoms with E-state index in [2.05, 4.69) is 54.5 Å². The molecule has 0 aromatic heterocycles. The SMILES string of the molecule is CC(=O)OC[C@]12CCC(C)(C)C[C@H]1C1=CC[C@@H]3[C@@]4(C)CCC(=O)C(C)(C)[C@@H]4CC[C@@]3(C)[C@]1(C)CC2. The van der Waals surface area contributed by atoms with Gasteiger partial charge in [-0.2, -0.15) is 0 Å². The molecule has 0 aliphatic heterocycles. The van der Waals surface area contributed by atoms with Crippen LogP contribution in [0.4, 0.5) is 0 Å². The molecule has 0 aromatic rings. The van der Waals surface area contributed by atoms with E-state index in [1.54, 1.807) is 12.5 Å². The standard InChI is InChI=1S/C32H50O3/c1-21(33)35-20-32-17-15-27(2,3)19-23(32)22-9-10-25-29(6)13-12-26(34)28(4,5)24(29)11-14-31(25,8)30(22,7)16-18-32/h9,23-25H,10-20H2,1-8H3/t23-,24-,25+,29-,30+,31+,32+/m0/s1. The monoisotopic (exact) mass is 482 g/mol. The van der Waals surface area contributed by atoms with Gasteiger partial charge in [-0.15, -0.1) is 0 Å². The van der Waals surface area contributed by atoms with Gasteiger partial charge in [0.2, 0.25) is 0 Å². The van der Waals surface area contributed by atoms with Crippen LogP contribution in [0, 0.1) is 50.2 Å². The predicted molar refractivity (Wildman–Crippen MR) is 141 cm³/mol. The summed E-state index contributed by atoms with van der Waals surface area (Å²) in [6, 6.07) is 0. The van der Waals surface area contributed by atoms with E-state index in [-0.39, 0.29) is 33.0 Å². The highest BCUT2D eigenvalue weighted by Gasteiger charge is 2.68. The molecule has 0 unspecified atom stereocenters. The van der Waals surface area contributed by atoms with E-state index in [9.17, 15) is 9.59 Å². The van der Waals surface area contributed by atoms with Gasteiger partial charge < -0.3 is 4.74 Å². The lowest BCUT2D eigenvalue weighted by Crippen LogP contribution is -2.64. The second kappa shape index (κ2) is 7.70. The molecule has 7 atom stereocenters. The van der Waals surface area contributed by atoms with Crippen molar-refractivity contribution < 1.29 is 14.3 Å². The Morgan fingerprint density at radius 2 is 1.63 bits per heavy atom. The van der Waals surface area contributed by atoms with Crippen molar-refractivity contribution >= 4 is 11.8 Å².